The van der Waals surface area contributed by atoms with Crippen molar-refractivity contribution in [3.63, 3.8) is 0 Å². The molecule has 0 radical (unpaired) electrons. The molecule has 2 saturated heterocycles. The van der Waals surface area contributed by atoms with Crippen molar-refractivity contribution in [3.05, 3.63) is 29.8 Å². The normalized spacial score (nSPS) is 29.7. The van der Waals surface area contributed by atoms with E-state index < -0.39 is 10.0 Å². The van der Waals surface area contributed by atoms with Gasteiger partial charge in [0.15, 0.2) is 0 Å². The second-order valence-corrected chi connectivity index (χ2v) is 12.5. The third kappa shape index (κ3) is 4.29. The highest BCUT2D eigenvalue weighted by atomic mass is 32.2. The first-order valence-electron chi connectivity index (χ1n) is 10.6. The summed E-state index contributed by atoms with van der Waals surface area (Å²) in [5.74, 6) is 0.232. The Labute approximate surface area is 177 Å². The molecule has 0 aliphatic carbocycles. The predicted molar refractivity (Wildman–Crippen MR) is 117 cm³/mol. The molecular formula is C22H36BNO4S. The summed E-state index contributed by atoms with van der Waals surface area (Å²) in [6, 6.07) is 7.11. The van der Waals surface area contributed by atoms with Crippen molar-refractivity contribution in [2.45, 2.75) is 90.3 Å². The molecule has 2 aliphatic heterocycles. The molecule has 2 fully saturated rings. The van der Waals surface area contributed by atoms with E-state index in [1.165, 1.54) is 0 Å². The van der Waals surface area contributed by atoms with E-state index in [1.54, 1.807) is 16.4 Å². The van der Waals surface area contributed by atoms with Gasteiger partial charge in [0.2, 0.25) is 10.0 Å². The molecule has 1 aromatic rings. The Morgan fingerprint density at radius 1 is 1.07 bits per heavy atom. The highest BCUT2D eigenvalue weighted by Crippen LogP contribution is 2.47. The lowest BCUT2D eigenvalue weighted by Gasteiger charge is -2.32. The summed E-state index contributed by atoms with van der Waals surface area (Å²) in [6.45, 7) is 17.0. The highest BCUT2D eigenvalue weighted by molar-refractivity contribution is 7.89. The number of nitrogens with zero attached hydrogens (tertiary/aromatic N) is 1. The average Bonchev–Trinajstić information content (AvgIpc) is 3.01. The zero-order valence-corrected chi connectivity index (χ0v) is 20.0. The molecule has 0 bridgehead atoms. The SMILES string of the molecule is Cc1ccc(S(=O)(=O)N2CC(C)(CB3OC(C)(C)C(C)(C)O3)CC2C(C)C)cc1. The number of hydrogen-bond acceptors (Lipinski definition) is 4. The van der Waals surface area contributed by atoms with Gasteiger partial charge in [0.25, 0.3) is 0 Å². The van der Waals surface area contributed by atoms with Crippen molar-refractivity contribution in [2.75, 3.05) is 6.54 Å². The summed E-state index contributed by atoms with van der Waals surface area (Å²) in [7, 11) is -3.87. The van der Waals surface area contributed by atoms with Crippen molar-refractivity contribution in [1.82, 2.24) is 4.31 Å². The van der Waals surface area contributed by atoms with Crippen molar-refractivity contribution in [2.24, 2.45) is 11.3 Å². The standard InChI is InChI=1S/C22H36BNO4S/c1-16(2)19-13-22(8,14-23-27-20(4,5)21(6,7)28-23)15-24(19)29(25,26)18-11-9-17(3)10-12-18/h9-12,16,19H,13-15H2,1-8H3. The first-order valence-corrected chi connectivity index (χ1v) is 12.1. The third-order valence-corrected chi connectivity index (χ3v) is 8.85. The summed E-state index contributed by atoms with van der Waals surface area (Å²) < 4.78 is 41.1. The monoisotopic (exact) mass is 421 g/mol. The molecule has 0 aromatic heterocycles. The molecule has 29 heavy (non-hydrogen) atoms. The molecule has 162 valence electrons. The number of benzene rings is 1. The highest BCUT2D eigenvalue weighted by Gasteiger charge is 2.55. The Kier molecular flexibility index (Phi) is 5.79. The van der Waals surface area contributed by atoms with Crippen LogP contribution in [-0.4, -0.2) is 43.6 Å². The first kappa shape index (κ1) is 22.8. The fourth-order valence-corrected chi connectivity index (χ4v) is 6.35. The van der Waals surface area contributed by atoms with E-state index in [0.717, 1.165) is 12.0 Å². The zero-order chi connectivity index (χ0) is 21.8. The molecule has 0 N–H and O–H groups in total. The molecule has 1 aromatic carbocycles. The van der Waals surface area contributed by atoms with Crippen LogP contribution in [0.4, 0.5) is 0 Å². The molecule has 2 heterocycles. The second-order valence-electron chi connectivity index (χ2n) is 10.6. The molecule has 2 aliphatic rings. The Bertz CT molecular complexity index is 834. The lowest BCUT2D eigenvalue weighted by molar-refractivity contribution is 0.00578. The third-order valence-electron chi connectivity index (χ3n) is 6.97. The van der Waals surface area contributed by atoms with Crippen molar-refractivity contribution in [3.8, 4) is 0 Å². The van der Waals surface area contributed by atoms with Gasteiger partial charge in [-0.05, 0) is 70.8 Å². The minimum atomic E-state index is -3.55. The van der Waals surface area contributed by atoms with Gasteiger partial charge >= 0.3 is 7.12 Å². The van der Waals surface area contributed by atoms with Crippen LogP contribution < -0.4 is 0 Å². The number of aryl methyl sites for hydroxylation is 1. The molecule has 5 nitrogen and oxygen atoms in total. The van der Waals surface area contributed by atoms with Gasteiger partial charge in [-0.3, -0.25) is 0 Å². The van der Waals surface area contributed by atoms with Gasteiger partial charge in [-0.25, -0.2) is 8.42 Å². The predicted octanol–water partition coefficient (Wildman–Crippen LogP) is 4.51. The summed E-state index contributed by atoms with van der Waals surface area (Å²) >= 11 is 0. The fraction of sp³-hybridized carbons (Fsp3) is 0.727. The van der Waals surface area contributed by atoms with E-state index in [2.05, 4.69) is 48.5 Å². The van der Waals surface area contributed by atoms with Crippen LogP contribution in [-0.2, 0) is 19.3 Å². The average molecular weight is 421 g/mol. The Balaban J connectivity index is 1.84. The Hall–Kier alpha value is -0.885. The first-order chi connectivity index (χ1) is 13.2. The second kappa shape index (κ2) is 7.36. The van der Waals surface area contributed by atoms with Crippen molar-refractivity contribution < 1.29 is 17.7 Å². The van der Waals surface area contributed by atoms with E-state index in [0.29, 0.717) is 17.8 Å². The Morgan fingerprint density at radius 2 is 1.59 bits per heavy atom. The molecule has 0 amide bonds. The van der Waals surface area contributed by atoms with E-state index in [-0.39, 0.29) is 35.7 Å². The molecule has 2 atom stereocenters. The maximum Gasteiger partial charge on any atom is 0.458 e. The molecule has 7 heteroatoms. The zero-order valence-electron chi connectivity index (χ0n) is 19.2. The van der Waals surface area contributed by atoms with Crippen molar-refractivity contribution >= 4 is 17.1 Å². The van der Waals surface area contributed by atoms with E-state index >= 15 is 0 Å². The van der Waals surface area contributed by atoms with Crippen LogP contribution in [0.15, 0.2) is 29.2 Å². The van der Waals surface area contributed by atoms with E-state index in [1.807, 2.05) is 19.1 Å². The smallest absolute Gasteiger partial charge is 0.403 e. The van der Waals surface area contributed by atoms with Gasteiger partial charge in [-0.1, -0.05) is 38.5 Å². The fourth-order valence-electron chi connectivity index (χ4n) is 4.44. The maximum atomic E-state index is 13.5. The lowest BCUT2D eigenvalue weighted by atomic mass is 9.67. The molecular weight excluding hydrogens is 385 g/mol. The van der Waals surface area contributed by atoms with Crippen LogP contribution >= 0.6 is 0 Å². The van der Waals surface area contributed by atoms with Crippen LogP contribution in [0.3, 0.4) is 0 Å². The minimum Gasteiger partial charge on any atom is -0.403 e. The number of sulfonamides is 1. The molecule has 0 saturated carbocycles. The van der Waals surface area contributed by atoms with E-state index in [9.17, 15) is 8.42 Å². The largest absolute Gasteiger partial charge is 0.458 e. The van der Waals surface area contributed by atoms with Crippen LogP contribution in [0.2, 0.25) is 6.32 Å². The minimum absolute atomic E-state index is 0.0336. The Morgan fingerprint density at radius 3 is 2.07 bits per heavy atom. The summed E-state index contributed by atoms with van der Waals surface area (Å²) in [5, 5.41) is 0. The van der Waals surface area contributed by atoms with Crippen LogP contribution in [0, 0.1) is 18.3 Å². The van der Waals surface area contributed by atoms with Gasteiger partial charge < -0.3 is 9.31 Å². The lowest BCUT2D eigenvalue weighted by Crippen LogP contribution is -2.41. The molecule has 0 spiro atoms. The van der Waals surface area contributed by atoms with Gasteiger partial charge in [0.05, 0.1) is 16.1 Å². The van der Waals surface area contributed by atoms with Crippen LogP contribution in [0.1, 0.15) is 60.5 Å². The van der Waals surface area contributed by atoms with Crippen LogP contribution in [0.25, 0.3) is 0 Å². The maximum absolute atomic E-state index is 13.5. The van der Waals surface area contributed by atoms with Gasteiger partial charge in [0, 0.05) is 12.6 Å². The van der Waals surface area contributed by atoms with Gasteiger partial charge in [0.1, 0.15) is 0 Å². The number of hydrogen-bond donors (Lipinski definition) is 0. The van der Waals surface area contributed by atoms with Crippen LogP contribution in [0.5, 0.6) is 0 Å². The van der Waals surface area contributed by atoms with E-state index in [4.69, 9.17) is 9.31 Å². The van der Waals surface area contributed by atoms with Crippen molar-refractivity contribution in [1.29, 1.82) is 0 Å². The van der Waals surface area contributed by atoms with Gasteiger partial charge in [-0.2, -0.15) is 4.31 Å². The molecule has 2 unspecified atom stereocenters. The summed E-state index contributed by atoms with van der Waals surface area (Å²) in [6.07, 6.45) is 1.49. The summed E-state index contributed by atoms with van der Waals surface area (Å²) in [5.41, 5.74) is 0.0972. The number of rotatable bonds is 5. The topological polar surface area (TPSA) is 55.8 Å². The van der Waals surface area contributed by atoms with Gasteiger partial charge in [-0.15, -0.1) is 0 Å². The molecule has 3 rings (SSSR count). The summed E-state index contributed by atoms with van der Waals surface area (Å²) in [4.78, 5) is 0.369. The quantitative estimate of drug-likeness (QED) is 0.657.